The van der Waals surface area contributed by atoms with Gasteiger partial charge >= 0.3 is 6.18 Å². The van der Waals surface area contributed by atoms with Gasteiger partial charge in [0.2, 0.25) is 0 Å². The Morgan fingerprint density at radius 1 is 1.56 bits per heavy atom. The maximum absolute atomic E-state index is 12.5. The third kappa shape index (κ3) is 3.46. The topological polar surface area (TPSA) is 39.1 Å². The van der Waals surface area contributed by atoms with Crippen LogP contribution in [0.1, 0.15) is 24.4 Å². The lowest BCUT2D eigenvalue weighted by atomic mass is 10.3. The maximum atomic E-state index is 12.5. The predicted molar refractivity (Wildman–Crippen MR) is 59.2 cm³/mol. The molecule has 1 aromatic rings. The number of rotatable bonds is 6. The SMILES string of the molecule is COCC(CNC1CC1)n1cc(C(F)(F)F)cn1. The van der Waals surface area contributed by atoms with E-state index in [1.54, 1.807) is 0 Å². The van der Waals surface area contributed by atoms with Gasteiger partial charge in [-0.25, -0.2) is 0 Å². The molecule has 0 saturated heterocycles. The van der Waals surface area contributed by atoms with Gasteiger partial charge in [-0.1, -0.05) is 0 Å². The Bertz CT molecular complexity index is 387. The monoisotopic (exact) mass is 263 g/mol. The zero-order chi connectivity index (χ0) is 13.2. The van der Waals surface area contributed by atoms with Gasteiger partial charge in [0.25, 0.3) is 0 Å². The molecule has 1 aliphatic rings. The van der Waals surface area contributed by atoms with Crippen LogP contribution in [0, 0.1) is 0 Å². The fourth-order valence-corrected chi connectivity index (χ4v) is 1.70. The smallest absolute Gasteiger partial charge is 0.382 e. The molecule has 1 unspecified atom stereocenters. The van der Waals surface area contributed by atoms with Crippen molar-refractivity contribution in [3.8, 4) is 0 Å². The molecule has 0 bridgehead atoms. The molecule has 1 aliphatic carbocycles. The Morgan fingerprint density at radius 3 is 2.78 bits per heavy atom. The van der Waals surface area contributed by atoms with Gasteiger partial charge in [0, 0.05) is 25.9 Å². The van der Waals surface area contributed by atoms with Crippen LogP contribution in [-0.2, 0) is 10.9 Å². The molecule has 0 aromatic carbocycles. The summed E-state index contributed by atoms with van der Waals surface area (Å²) >= 11 is 0. The van der Waals surface area contributed by atoms with Crippen LogP contribution in [0.2, 0.25) is 0 Å². The minimum atomic E-state index is -4.35. The lowest BCUT2D eigenvalue weighted by Crippen LogP contribution is -2.30. The summed E-state index contributed by atoms with van der Waals surface area (Å²) in [4.78, 5) is 0. The molecule has 0 aliphatic heterocycles. The molecule has 0 radical (unpaired) electrons. The molecule has 7 heteroatoms. The normalized spacial score (nSPS) is 18.0. The highest BCUT2D eigenvalue weighted by Crippen LogP contribution is 2.29. The minimum absolute atomic E-state index is 0.216. The fraction of sp³-hybridized carbons (Fsp3) is 0.727. The van der Waals surface area contributed by atoms with Gasteiger partial charge in [0.15, 0.2) is 0 Å². The van der Waals surface area contributed by atoms with E-state index >= 15 is 0 Å². The molecule has 1 heterocycles. The van der Waals surface area contributed by atoms with Crippen molar-refractivity contribution in [3.05, 3.63) is 18.0 Å². The fourth-order valence-electron chi connectivity index (χ4n) is 1.70. The zero-order valence-electron chi connectivity index (χ0n) is 10.1. The van der Waals surface area contributed by atoms with Crippen molar-refractivity contribution in [2.45, 2.75) is 31.1 Å². The standard InChI is InChI=1S/C11H16F3N3O/c1-18-7-10(5-15-9-2-3-9)17-6-8(4-16-17)11(12,13)14/h4,6,9-10,15H,2-3,5,7H2,1H3. The molecule has 0 amide bonds. The molecule has 1 aromatic heterocycles. The van der Waals surface area contributed by atoms with Crippen molar-refractivity contribution in [1.82, 2.24) is 15.1 Å². The number of ether oxygens (including phenoxy) is 1. The molecular weight excluding hydrogens is 247 g/mol. The summed E-state index contributed by atoms with van der Waals surface area (Å²) in [5.41, 5.74) is -0.727. The molecule has 1 saturated carbocycles. The summed E-state index contributed by atoms with van der Waals surface area (Å²) in [5, 5.41) is 7.04. The summed E-state index contributed by atoms with van der Waals surface area (Å²) in [7, 11) is 1.53. The maximum Gasteiger partial charge on any atom is 0.419 e. The van der Waals surface area contributed by atoms with Crippen LogP contribution >= 0.6 is 0 Å². The number of hydrogen-bond acceptors (Lipinski definition) is 3. The first-order valence-electron chi connectivity index (χ1n) is 5.84. The molecule has 18 heavy (non-hydrogen) atoms. The van der Waals surface area contributed by atoms with Crippen molar-refractivity contribution in [2.75, 3.05) is 20.3 Å². The average molecular weight is 263 g/mol. The van der Waals surface area contributed by atoms with Crippen LogP contribution in [0.3, 0.4) is 0 Å². The van der Waals surface area contributed by atoms with E-state index in [9.17, 15) is 13.2 Å². The van der Waals surface area contributed by atoms with Gasteiger partial charge in [0.05, 0.1) is 24.4 Å². The Labute approximate surface area is 103 Å². The minimum Gasteiger partial charge on any atom is -0.382 e. The van der Waals surface area contributed by atoms with Gasteiger partial charge in [-0.3, -0.25) is 4.68 Å². The van der Waals surface area contributed by atoms with Crippen LogP contribution in [0.15, 0.2) is 12.4 Å². The molecular formula is C11H16F3N3O. The van der Waals surface area contributed by atoms with Crippen molar-refractivity contribution >= 4 is 0 Å². The average Bonchev–Trinajstić information content (AvgIpc) is 2.97. The van der Waals surface area contributed by atoms with E-state index in [4.69, 9.17) is 4.74 Å². The van der Waals surface area contributed by atoms with E-state index in [-0.39, 0.29) is 6.04 Å². The summed E-state index contributed by atoms with van der Waals surface area (Å²) in [6.45, 7) is 0.899. The Hall–Kier alpha value is -1.08. The van der Waals surface area contributed by atoms with Gasteiger partial charge < -0.3 is 10.1 Å². The van der Waals surface area contributed by atoms with Gasteiger partial charge in [-0.15, -0.1) is 0 Å². The predicted octanol–water partition coefficient (Wildman–Crippen LogP) is 1.84. The highest BCUT2D eigenvalue weighted by atomic mass is 19.4. The van der Waals surface area contributed by atoms with Gasteiger partial charge in [-0.2, -0.15) is 18.3 Å². The van der Waals surface area contributed by atoms with E-state index < -0.39 is 11.7 Å². The van der Waals surface area contributed by atoms with E-state index in [2.05, 4.69) is 10.4 Å². The number of hydrogen-bond donors (Lipinski definition) is 1. The Kier molecular flexibility index (Phi) is 3.91. The van der Waals surface area contributed by atoms with Crippen LogP contribution in [0.25, 0.3) is 0 Å². The van der Waals surface area contributed by atoms with Crippen LogP contribution in [-0.4, -0.2) is 36.1 Å². The first-order chi connectivity index (χ1) is 8.50. The molecule has 0 spiro atoms. The third-order valence-corrected chi connectivity index (χ3v) is 2.88. The first-order valence-corrected chi connectivity index (χ1v) is 5.84. The number of nitrogens with one attached hydrogen (secondary N) is 1. The summed E-state index contributed by atoms with van der Waals surface area (Å²) < 4.78 is 43.8. The highest BCUT2D eigenvalue weighted by molar-refractivity contribution is 5.09. The number of methoxy groups -OCH3 is 1. The summed E-state index contributed by atoms with van der Waals surface area (Å²) in [5.74, 6) is 0. The molecule has 1 atom stereocenters. The molecule has 4 nitrogen and oxygen atoms in total. The van der Waals surface area contributed by atoms with Crippen LogP contribution in [0.4, 0.5) is 13.2 Å². The summed E-state index contributed by atoms with van der Waals surface area (Å²) in [6, 6.07) is 0.286. The second-order valence-corrected chi connectivity index (χ2v) is 4.50. The van der Waals surface area contributed by atoms with Gasteiger partial charge in [0.1, 0.15) is 0 Å². The van der Waals surface area contributed by atoms with E-state index in [1.165, 1.54) is 11.8 Å². The number of nitrogens with zero attached hydrogens (tertiary/aromatic N) is 2. The second-order valence-electron chi connectivity index (χ2n) is 4.50. The van der Waals surface area contributed by atoms with Gasteiger partial charge in [-0.05, 0) is 12.8 Å². The third-order valence-electron chi connectivity index (χ3n) is 2.88. The summed E-state index contributed by atoms with van der Waals surface area (Å²) in [6.07, 6.45) is -0.211. The van der Waals surface area contributed by atoms with Crippen molar-refractivity contribution in [3.63, 3.8) is 0 Å². The number of aromatic nitrogens is 2. The van der Waals surface area contributed by atoms with Crippen molar-refractivity contribution in [1.29, 1.82) is 0 Å². The molecule has 102 valence electrons. The zero-order valence-corrected chi connectivity index (χ0v) is 10.1. The van der Waals surface area contributed by atoms with E-state index in [0.29, 0.717) is 19.2 Å². The Morgan fingerprint density at radius 2 is 2.28 bits per heavy atom. The molecule has 2 rings (SSSR count). The molecule has 1 fully saturated rings. The quantitative estimate of drug-likeness (QED) is 0.851. The second kappa shape index (κ2) is 5.27. The number of halogens is 3. The number of alkyl halides is 3. The van der Waals surface area contributed by atoms with E-state index in [0.717, 1.165) is 25.2 Å². The molecule has 1 N–H and O–H groups in total. The largest absolute Gasteiger partial charge is 0.419 e. The highest BCUT2D eigenvalue weighted by Gasteiger charge is 2.33. The van der Waals surface area contributed by atoms with Crippen LogP contribution < -0.4 is 5.32 Å². The van der Waals surface area contributed by atoms with Crippen molar-refractivity contribution < 1.29 is 17.9 Å². The first kappa shape index (κ1) is 13.4. The van der Waals surface area contributed by atoms with Crippen molar-refractivity contribution in [2.24, 2.45) is 0 Å². The Balaban J connectivity index is 2.01. The van der Waals surface area contributed by atoms with Crippen LogP contribution in [0.5, 0.6) is 0 Å². The lowest BCUT2D eigenvalue weighted by Gasteiger charge is -2.17. The lowest BCUT2D eigenvalue weighted by molar-refractivity contribution is -0.137. The van der Waals surface area contributed by atoms with E-state index in [1.807, 2.05) is 0 Å².